The van der Waals surface area contributed by atoms with E-state index in [0.717, 1.165) is 29.9 Å². The molecule has 0 radical (unpaired) electrons. The van der Waals surface area contributed by atoms with Crippen LogP contribution in [-0.2, 0) is 4.79 Å². The summed E-state index contributed by atoms with van der Waals surface area (Å²) < 4.78 is 0. The van der Waals surface area contributed by atoms with Crippen molar-refractivity contribution in [2.45, 2.75) is 18.9 Å². The quantitative estimate of drug-likeness (QED) is 0.727. The van der Waals surface area contributed by atoms with Gasteiger partial charge in [0.1, 0.15) is 6.04 Å². The first-order valence-corrected chi connectivity index (χ1v) is 10.7. The normalized spacial score (nSPS) is 17.8. The molecule has 31 heavy (non-hydrogen) atoms. The summed E-state index contributed by atoms with van der Waals surface area (Å²) in [5.41, 5.74) is 3.06. The van der Waals surface area contributed by atoms with Crippen LogP contribution in [0.4, 0.5) is 17.1 Å². The number of carbonyl (C=O) groups is 2. The molecule has 1 fully saturated rings. The Morgan fingerprint density at radius 1 is 1.23 bits per heavy atom. The van der Waals surface area contributed by atoms with E-state index in [1.165, 1.54) is 0 Å². The number of rotatable bonds is 5. The van der Waals surface area contributed by atoms with Crippen molar-refractivity contribution in [2.24, 2.45) is 0 Å². The third-order valence-corrected chi connectivity index (χ3v) is 6.08. The molecule has 0 saturated carbocycles. The van der Waals surface area contributed by atoms with Crippen molar-refractivity contribution in [1.82, 2.24) is 10.2 Å². The molecule has 1 N–H and O–H groups in total. The molecule has 0 bridgehead atoms. The van der Waals surface area contributed by atoms with Crippen molar-refractivity contribution in [1.29, 1.82) is 5.26 Å². The lowest BCUT2D eigenvalue weighted by atomic mass is 10.1. The first-order valence-electron chi connectivity index (χ1n) is 10.3. The molecular weight excluding hydrogens is 414 g/mol. The van der Waals surface area contributed by atoms with Gasteiger partial charge in [0.05, 0.1) is 35.2 Å². The number of fused-ring (bicyclic) bond motifs is 2. The topological polar surface area (TPSA) is 79.7 Å². The third kappa shape index (κ3) is 4.09. The molecule has 160 valence electrons. The summed E-state index contributed by atoms with van der Waals surface area (Å²) in [6.45, 7) is 1.60. The van der Waals surface area contributed by atoms with E-state index in [0.29, 0.717) is 30.2 Å². The first-order chi connectivity index (χ1) is 15.0. The second-order valence-electron chi connectivity index (χ2n) is 7.72. The lowest BCUT2D eigenvalue weighted by Crippen LogP contribution is -2.43. The Bertz CT molecular complexity index is 1050. The van der Waals surface area contributed by atoms with E-state index in [-0.39, 0.29) is 24.4 Å². The fraction of sp³-hybridized carbons (Fsp3) is 0.348. The average Bonchev–Trinajstić information content (AvgIpc) is 3.24. The van der Waals surface area contributed by atoms with Crippen LogP contribution in [0.25, 0.3) is 0 Å². The third-order valence-electron chi connectivity index (χ3n) is 5.84. The SMILES string of the molecule is CN1c2ccc(Cl)cc2C(=O)N(CCNCC(=O)N2CCC[C@H]2C#N)c2ccccc21. The van der Waals surface area contributed by atoms with E-state index in [1.54, 1.807) is 21.9 Å². The van der Waals surface area contributed by atoms with Gasteiger partial charge in [0.2, 0.25) is 5.91 Å². The van der Waals surface area contributed by atoms with Gasteiger partial charge in [-0.05, 0) is 43.2 Å². The van der Waals surface area contributed by atoms with Crippen molar-refractivity contribution < 1.29 is 9.59 Å². The molecule has 2 amide bonds. The fourth-order valence-corrected chi connectivity index (χ4v) is 4.41. The maximum absolute atomic E-state index is 13.4. The number of para-hydroxylation sites is 2. The monoisotopic (exact) mass is 437 g/mol. The van der Waals surface area contributed by atoms with E-state index in [4.69, 9.17) is 11.6 Å². The van der Waals surface area contributed by atoms with Crippen molar-refractivity contribution in [3.05, 3.63) is 53.1 Å². The minimum Gasteiger partial charge on any atom is -0.342 e. The van der Waals surface area contributed by atoms with Crippen LogP contribution in [0.2, 0.25) is 5.02 Å². The molecule has 1 saturated heterocycles. The molecule has 8 heteroatoms. The zero-order valence-corrected chi connectivity index (χ0v) is 18.1. The second-order valence-corrected chi connectivity index (χ2v) is 8.15. The van der Waals surface area contributed by atoms with Gasteiger partial charge >= 0.3 is 0 Å². The smallest absolute Gasteiger partial charge is 0.260 e. The molecule has 0 aliphatic carbocycles. The van der Waals surface area contributed by atoms with Gasteiger partial charge in [-0.2, -0.15) is 5.26 Å². The Balaban J connectivity index is 1.49. The summed E-state index contributed by atoms with van der Waals surface area (Å²) in [6.07, 6.45) is 1.59. The van der Waals surface area contributed by atoms with Gasteiger partial charge in [0.15, 0.2) is 0 Å². The van der Waals surface area contributed by atoms with Crippen molar-refractivity contribution in [3.63, 3.8) is 0 Å². The lowest BCUT2D eigenvalue weighted by molar-refractivity contribution is -0.130. The molecule has 1 atom stereocenters. The Morgan fingerprint density at radius 3 is 2.77 bits per heavy atom. The Labute approximate surface area is 186 Å². The molecule has 0 aromatic heterocycles. The summed E-state index contributed by atoms with van der Waals surface area (Å²) in [5, 5.41) is 12.8. The van der Waals surface area contributed by atoms with E-state index in [2.05, 4.69) is 11.4 Å². The van der Waals surface area contributed by atoms with Crippen LogP contribution in [-0.4, -0.2) is 56.0 Å². The molecule has 2 aliphatic heterocycles. The first kappa shape index (κ1) is 21.2. The van der Waals surface area contributed by atoms with Crippen molar-refractivity contribution in [3.8, 4) is 6.07 Å². The van der Waals surface area contributed by atoms with Crippen LogP contribution in [0.3, 0.4) is 0 Å². The number of nitrogens with one attached hydrogen (secondary N) is 1. The lowest BCUT2D eigenvalue weighted by Gasteiger charge is -2.25. The largest absolute Gasteiger partial charge is 0.342 e. The molecule has 2 aromatic rings. The Morgan fingerprint density at radius 2 is 2.00 bits per heavy atom. The number of nitriles is 1. The summed E-state index contributed by atoms with van der Waals surface area (Å²) in [5.74, 6) is -0.213. The molecule has 2 aromatic carbocycles. The number of anilines is 3. The van der Waals surface area contributed by atoms with Gasteiger partial charge < -0.3 is 20.0 Å². The highest BCUT2D eigenvalue weighted by molar-refractivity contribution is 6.31. The maximum Gasteiger partial charge on any atom is 0.260 e. The van der Waals surface area contributed by atoms with Crippen LogP contribution in [0.1, 0.15) is 23.2 Å². The number of likely N-dealkylation sites (tertiary alicyclic amines) is 1. The van der Waals surface area contributed by atoms with Crippen molar-refractivity contribution >= 4 is 40.5 Å². The predicted molar refractivity (Wildman–Crippen MR) is 121 cm³/mol. The van der Waals surface area contributed by atoms with Crippen LogP contribution >= 0.6 is 11.6 Å². The van der Waals surface area contributed by atoms with E-state index in [1.807, 2.05) is 42.3 Å². The highest BCUT2D eigenvalue weighted by Gasteiger charge is 2.30. The Kier molecular flexibility index (Phi) is 6.12. The zero-order valence-electron chi connectivity index (χ0n) is 17.3. The number of benzene rings is 2. The van der Waals surface area contributed by atoms with Gasteiger partial charge in [-0.1, -0.05) is 23.7 Å². The van der Waals surface area contributed by atoms with Gasteiger partial charge in [-0.25, -0.2) is 0 Å². The average molecular weight is 438 g/mol. The highest BCUT2D eigenvalue weighted by atomic mass is 35.5. The summed E-state index contributed by atoms with van der Waals surface area (Å²) in [4.78, 5) is 31.2. The molecule has 0 unspecified atom stereocenters. The summed E-state index contributed by atoms with van der Waals surface area (Å²) in [6, 6.07) is 14.9. The number of amides is 2. The van der Waals surface area contributed by atoms with Gasteiger partial charge in [0, 0.05) is 31.7 Å². The molecule has 0 spiro atoms. The summed E-state index contributed by atoms with van der Waals surface area (Å²) >= 11 is 6.18. The number of hydrogen-bond acceptors (Lipinski definition) is 5. The molecule has 2 aliphatic rings. The molecule has 2 heterocycles. The van der Waals surface area contributed by atoms with E-state index >= 15 is 0 Å². The second kappa shape index (κ2) is 8.96. The number of hydrogen-bond donors (Lipinski definition) is 1. The van der Waals surface area contributed by atoms with Crippen LogP contribution in [0.5, 0.6) is 0 Å². The van der Waals surface area contributed by atoms with Crippen molar-refractivity contribution in [2.75, 3.05) is 43.0 Å². The number of halogens is 1. The van der Waals surface area contributed by atoms with E-state index in [9.17, 15) is 14.9 Å². The van der Waals surface area contributed by atoms with Crippen LogP contribution in [0, 0.1) is 11.3 Å². The van der Waals surface area contributed by atoms with Crippen LogP contribution < -0.4 is 15.1 Å². The molecular formula is C23H24ClN5O2. The predicted octanol–water partition coefficient (Wildman–Crippen LogP) is 3.17. The van der Waals surface area contributed by atoms with Crippen LogP contribution in [0.15, 0.2) is 42.5 Å². The minimum atomic E-state index is -0.329. The minimum absolute atomic E-state index is 0.0801. The van der Waals surface area contributed by atoms with E-state index < -0.39 is 0 Å². The highest BCUT2D eigenvalue weighted by Crippen LogP contribution is 2.40. The van der Waals surface area contributed by atoms with Gasteiger partial charge in [-0.3, -0.25) is 9.59 Å². The standard InChI is InChI=1S/C23H24ClN5O2/c1-27-19-9-8-16(24)13-18(19)23(31)29(21-7-3-2-6-20(21)27)12-10-26-15-22(30)28-11-4-5-17(28)14-25/h2-3,6-9,13,17,26H,4-5,10-12,15H2,1H3/t17-/m0/s1. The zero-order chi connectivity index (χ0) is 22.0. The van der Waals surface area contributed by atoms with Gasteiger partial charge in [0.25, 0.3) is 5.91 Å². The number of carbonyl (C=O) groups excluding carboxylic acids is 2. The number of nitrogens with zero attached hydrogens (tertiary/aromatic N) is 4. The fourth-order valence-electron chi connectivity index (χ4n) is 4.24. The summed E-state index contributed by atoms with van der Waals surface area (Å²) in [7, 11) is 1.93. The Hall–Kier alpha value is -3.08. The van der Waals surface area contributed by atoms with Gasteiger partial charge in [-0.15, -0.1) is 0 Å². The molecule has 4 rings (SSSR count). The maximum atomic E-state index is 13.4. The molecule has 7 nitrogen and oxygen atoms in total.